The topological polar surface area (TPSA) is 31.0 Å². The van der Waals surface area contributed by atoms with Crippen molar-refractivity contribution >= 4 is 65.3 Å². The predicted molar refractivity (Wildman–Crippen MR) is 172 cm³/mol. The Hall–Kier alpha value is -5.19. The van der Waals surface area contributed by atoms with Gasteiger partial charge in [0.2, 0.25) is 0 Å². The second-order valence-electron chi connectivity index (χ2n) is 10.4. The van der Waals surface area contributed by atoms with Gasteiger partial charge in [0.1, 0.15) is 16.2 Å². The van der Waals surface area contributed by atoms with Crippen molar-refractivity contribution in [2.45, 2.75) is 0 Å². The van der Waals surface area contributed by atoms with Gasteiger partial charge in [-0.15, -0.1) is 11.3 Å². The number of para-hydroxylation sites is 1. The third-order valence-corrected chi connectivity index (χ3v) is 9.09. The van der Waals surface area contributed by atoms with Crippen LogP contribution in [0, 0.1) is 0 Å². The molecular weight excluding hydrogens is 520 g/mol. The summed E-state index contributed by atoms with van der Waals surface area (Å²) in [6.45, 7) is 0. The molecule has 0 saturated heterocycles. The zero-order valence-electron chi connectivity index (χ0n) is 21.9. The van der Waals surface area contributed by atoms with Crippen LogP contribution in [0.15, 0.2) is 138 Å². The number of benzene rings is 6. The van der Waals surface area contributed by atoms with E-state index >= 15 is 0 Å². The van der Waals surface area contributed by atoms with Crippen LogP contribution < -0.4 is 0 Å². The molecule has 41 heavy (non-hydrogen) atoms. The summed E-state index contributed by atoms with van der Waals surface area (Å²) in [4.78, 5) is 5.08. The van der Waals surface area contributed by atoms with E-state index in [0.29, 0.717) is 0 Å². The first-order chi connectivity index (χ1) is 20.3. The molecule has 6 aromatic carbocycles. The van der Waals surface area contributed by atoms with Crippen LogP contribution in [0.3, 0.4) is 0 Å². The summed E-state index contributed by atoms with van der Waals surface area (Å²) in [5.74, 6) is 0. The fourth-order valence-electron chi connectivity index (χ4n) is 6.09. The van der Waals surface area contributed by atoms with Crippen molar-refractivity contribution in [3.05, 3.63) is 133 Å². The number of furan rings is 1. The molecular formula is C37H22N2OS. The molecule has 0 bridgehead atoms. The maximum atomic E-state index is 6.15. The first-order valence-electron chi connectivity index (χ1n) is 13.7. The largest absolute Gasteiger partial charge is 0.456 e. The van der Waals surface area contributed by atoms with Crippen molar-refractivity contribution in [2.75, 3.05) is 0 Å². The Kier molecular flexibility index (Phi) is 4.77. The van der Waals surface area contributed by atoms with E-state index in [4.69, 9.17) is 9.40 Å². The number of fused-ring (bicyclic) bond motifs is 7. The standard InChI is InChI=1S/C37H22N2OS/c1-3-9-23(10-4-1)25-15-17-32-28(19-25)29-21-36-31(38-37(41-36)24-11-5-2-6-12-24)22-33(29)39(32)26-16-18-35-30(20-26)27-13-7-8-14-34(27)40-35/h1-22H. The van der Waals surface area contributed by atoms with Crippen molar-refractivity contribution in [3.8, 4) is 27.4 Å². The lowest BCUT2D eigenvalue weighted by Gasteiger charge is -2.09. The maximum Gasteiger partial charge on any atom is 0.135 e. The minimum absolute atomic E-state index is 0.900. The van der Waals surface area contributed by atoms with Crippen LogP contribution in [-0.2, 0) is 0 Å². The van der Waals surface area contributed by atoms with Crippen LogP contribution in [0.5, 0.6) is 0 Å². The summed E-state index contributed by atoms with van der Waals surface area (Å²) >= 11 is 1.75. The molecule has 192 valence electrons. The van der Waals surface area contributed by atoms with Gasteiger partial charge in [-0.1, -0.05) is 84.9 Å². The lowest BCUT2D eigenvalue weighted by Crippen LogP contribution is -1.93. The number of thiazole rings is 1. The Labute approximate surface area is 239 Å². The zero-order chi connectivity index (χ0) is 26.9. The molecule has 0 spiro atoms. The predicted octanol–water partition coefficient (Wildman–Crippen LogP) is 10.6. The van der Waals surface area contributed by atoms with E-state index in [0.717, 1.165) is 49.2 Å². The Balaban J connectivity index is 1.35. The molecule has 0 amide bonds. The van der Waals surface area contributed by atoms with Crippen molar-refractivity contribution in [1.82, 2.24) is 9.55 Å². The van der Waals surface area contributed by atoms with Gasteiger partial charge in [-0.05, 0) is 59.7 Å². The average molecular weight is 543 g/mol. The fourth-order valence-corrected chi connectivity index (χ4v) is 7.08. The first kappa shape index (κ1) is 22.6. The maximum absolute atomic E-state index is 6.15. The number of nitrogens with zero attached hydrogens (tertiary/aromatic N) is 2. The fraction of sp³-hybridized carbons (Fsp3) is 0. The highest BCUT2D eigenvalue weighted by Crippen LogP contribution is 2.40. The molecule has 0 fully saturated rings. The van der Waals surface area contributed by atoms with Gasteiger partial charge in [-0.2, -0.15) is 0 Å². The molecule has 0 aliphatic rings. The summed E-state index contributed by atoms with van der Waals surface area (Å²) in [7, 11) is 0. The molecule has 9 rings (SSSR count). The SMILES string of the molecule is c1ccc(-c2ccc3c(c2)c2cc4sc(-c5ccccc5)nc4cc2n3-c2ccc3oc4ccccc4c3c2)cc1. The third-order valence-electron chi connectivity index (χ3n) is 8.02. The lowest BCUT2D eigenvalue weighted by molar-refractivity contribution is 0.669. The molecule has 0 N–H and O–H groups in total. The van der Waals surface area contributed by atoms with Crippen LogP contribution >= 0.6 is 11.3 Å². The Morgan fingerprint density at radius 3 is 2.10 bits per heavy atom. The Bertz CT molecular complexity index is 2410. The van der Waals surface area contributed by atoms with Crippen LogP contribution in [-0.4, -0.2) is 9.55 Å². The van der Waals surface area contributed by atoms with E-state index in [9.17, 15) is 0 Å². The van der Waals surface area contributed by atoms with Gasteiger partial charge in [0, 0.05) is 32.8 Å². The highest BCUT2D eigenvalue weighted by Gasteiger charge is 2.18. The molecule has 0 radical (unpaired) electrons. The van der Waals surface area contributed by atoms with Crippen LogP contribution in [0.1, 0.15) is 0 Å². The molecule has 0 aliphatic heterocycles. The van der Waals surface area contributed by atoms with Gasteiger partial charge >= 0.3 is 0 Å². The van der Waals surface area contributed by atoms with Gasteiger partial charge in [-0.3, -0.25) is 0 Å². The lowest BCUT2D eigenvalue weighted by atomic mass is 10.0. The number of rotatable bonds is 3. The smallest absolute Gasteiger partial charge is 0.135 e. The number of hydrogen-bond donors (Lipinski definition) is 0. The minimum Gasteiger partial charge on any atom is -0.456 e. The van der Waals surface area contributed by atoms with Gasteiger partial charge in [0.15, 0.2) is 0 Å². The molecule has 0 atom stereocenters. The number of aromatic nitrogens is 2. The van der Waals surface area contributed by atoms with Crippen molar-refractivity contribution < 1.29 is 4.42 Å². The quantitative estimate of drug-likeness (QED) is 0.222. The molecule has 0 unspecified atom stereocenters. The molecule has 4 heteroatoms. The Morgan fingerprint density at radius 2 is 1.24 bits per heavy atom. The normalized spacial score (nSPS) is 11.9. The van der Waals surface area contributed by atoms with E-state index in [1.807, 2.05) is 18.2 Å². The van der Waals surface area contributed by atoms with Crippen molar-refractivity contribution in [3.63, 3.8) is 0 Å². The minimum atomic E-state index is 0.900. The number of hydrogen-bond acceptors (Lipinski definition) is 3. The second-order valence-corrected chi connectivity index (χ2v) is 11.5. The summed E-state index contributed by atoms with van der Waals surface area (Å²) in [5, 5.41) is 5.75. The van der Waals surface area contributed by atoms with Gasteiger partial charge in [0.05, 0.1) is 21.3 Å². The average Bonchev–Trinajstić information content (AvgIpc) is 3.71. The van der Waals surface area contributed by atoms with E-state index in [2.05, 4.69) is 120 Å². The monoisotopic (exact) mass is 542 g/mol. The molecule has 3 heterocycles. The highest BCUT2D eigenvalue weighted by molar-refractivity contribution is 7.21. The second kappa shape index (κ2) is 8.65. The molecule has 9 aromatic rings. The van der Waals surface area contributed by atoms with E-state index in [-0.39, 0.29) is 0 Å². The molecule has 0 saturated carbocycles. The summed E-state index contributed by atoms with van der Waals surface area (Å²) in [5.41, 5.74) is 9.83. The Morgan fingerprint density at radius 1 is 0.512 bits per heavy atom. The highest BCUT2D eigenvalue weighted by atomic mass is 32.1. The van der Waals surface area contributed by atoms with E-state index < -0.39 is 0 Å². The van der Waals surface area contributed by atoms with Gasteiger partial charge in [0.25, 0.3) is 0 Å². The summed E-state index contributed by atoms with van der Waals surface area (Å²) in [6.07, 6.45) is 0. The van der Waals surface area contributed by atoms with Gasteiger partial charge in [-0.25, -0.2) is 4.98 Å². The van der Waals surface area contributed by atoms with E-state index in [1.165, 1.54) is 32.1 Å². The summed E-state index contributed by atoms with van der Waals surface area (Å²) < 4.78 is 9.72. The van der Waals surface area contributed by atoms with Crippen LogP contribution in [0.25, 0.3) is 81.3 Å². The molecule has 3 nitrogen and oxygen atoms in total. The third kappa shape index (κ3) is 3.48. The summed E-state index contributed by atoms with van der Waals surface area (Å²) in [6, 6.07) is 47.2. The molecule has 0 aliphatic carbocycles. The van der Waals surface area contributed by atoms with Crippen LogP contribution in [0.4, 0.5) is 0 Å². The van der Waals surface area contributed by atoms with E-state index in [1.54, 1.807) is 11.3 Å². The van der Waals surface area contributed by atoms with Crippen molar-refractivity contribution in [2.24, 2.45) is 0 Å². The van der Waals surface area contributed by atoms with Gasteiger partial charge < -0.3 is 8.98 Å². The van der Waals surface area contributed by atoms with Crippen molar-refractivity contribution in [1.29, 1.82) is 0 Å². The molecule has 3 aromatic heterocycles. The van der Waals surface area contributed by atoms with Crippen LogP contribution in [0.2, 0.25) is 0 Å². The zero-order valence-corrected chi connectivity index (χ0v) is 22.7. The first-order valence-corrected chi connectivity index (χ1v) is 14.5.